The van der Waals surface area contributed by atoms with Crippen molar-refractivity contribution < 1.29 is 5.11 Å². The van der Waals surface area contributed by atoms with E-state index in [0.717, 1.165) is 25.0 Å². The molecular weight excluding hydrogens is 212 g/mol. The predicted octanol–water partition coefficient (Wildman–Crippen LogP) is 1.57. The highest BCUT2D eigenvalue weighted by Gasteiger charge is 2.25. The largest absolute Gasteiger partial charge is 0.395 e. The number of aliphatic hydroxyl groups excluding tert-OH is 1. The quantitative estimate of drug-likeness (QED) is 0.811. The molecule has 0 radical (unpaired) electrons. The van der Waals surface area contributed by atoms with Gasteiger partial charge in [-0.1, -0.05) is 6.92 Å². The van der Waals surface area contributed by atoms with Gasteiger partial charge in [-0.05, 0) is 51.1 Å². The van der Waals surface area contributed by atoms with Crippen LogP contribution in [0.4, 0.5) is 0 Å². The van der Waals surface area contributed by atoms with E-state index in [1.165, 1.54) is 51.7 Å². The molecular formula is C14H28N2O. The van der Waals surface area contributed by atoms with Gasteiger partial charge in [-0.2, -0.15) is 0 Å². The summed E-state index contributed by atoms with van der Waals surface area (Å²) in [6.07, 6.45) is 6.91. The molecule has 1 aliphatic heterocycles. The number of hydrogen-bond acceptors (Lipinski definition) is 3. The van der Waals surface area contributed by atoms with Gasteiger partial charge in [0.15, 0.2) is 0 Å². The van der Waals surface area contributed by atoms with Crippen molar-refractivity contribution in [1.29, 1.82) is 0 Å². The van der Waals surface area contributed by atoms with Crippen molar-refractivity contribution >= 4 is 0 Å². The molecule has 3 heteroatoms. The van der Waals surface area contributed by atoms with Crippen molar-refractivity contribution in [2.45, 2.75) is 45.1 Å². The van der Waals surface area contributed by atoms with Crippen LogP contribution in [-0.4, -0.2) is 60.3 Å². The number of aliphatic hydroxyl groups is 1. The minimum Gasteiger partial charge on any atom is -0.395 e. The van der Waals surface area contributed by atoms with Crippen molar-refractivity contribution in [2.75, 3.05) is 39.3 Å². The first-order valence-corrected chi connectivity index (χ1v) is 7.37. The molecule has 1 heterocycles. The zero-order valence-electron chi connectivity index (χ0n) is 11.3. The molecule has 3 nitrogen and oxygen atoms in total. The van der Waals surface area contributed by atoms with Crippen LogP contribution in [0.1, 0.15) is 39.0 Å². The molecule has 0 aromatic rings. The van der Waals surface area contributed by atoms with Crippen LogP contribution in [0.2, 0.25) is 0 Å². The molecule has 0 spiro atoms. The summed E-state index contributed by atoms with van der Waals surface area (Å²) in [5.74, 6) is 0.948. The number of nitrogens with zero attached hydrogens (tertiary/aromatic N) is 2. The average Bonchev–Trinajstić information content (AvgIpc) is 2.56. The maximum Gasteiger partial charge on any atom is 0.0558 e. The van der Waals surface area contributed by atoms with Crippen LogP contribution in [0, 0.1) is 5.92 Å². The zero-order valence-corrected chi connectivity index (χ0v) is 11.3. The lowest BCUT2D eigenvalue weighted by molar-refractivity contribution is 0.140. The summed E-state index contributed by atoms with van der Waals surface area (Å²) in [5, 5.41) is 9.00. The van der Waals surface area contributed by atoms with E-state index < -0.39 is 0 Å². The number of rotatable bonds is 3. The van der Waals surface area contributed by atoms with Crippen LogP contribution < -0.4 is 0 Å². The van der Waals surface area contributed by atoms with E-state index in [4.69, 9.17) is 5.11 Å². The Morgan fingerprint density at radius 1 is 1.00 bits per heavy atom. The van der Waals surface area contributed by atoms with Crippen LogP contribution in [0.15, 0.2) is 0 Å². The first-order chi connectivity index (χ1) is 8.29. The van der Waals surface area contributed by atoms with Gasteiger partial charge < -0.3 is 5.11 Å². The first-order valence-electron chi connectivity index (χ1n) is 7.37. The lowest BCUT2D eigenvalue weighted by Gasteiger charge is -2.35. The molecule has 2 aliphatic rings. The summed E-state index contributed by atoms with van der Waals surface area (Å²) >= 11 is 0. The van der Waals surface area contributed by atoms with Gasteiger partial charge in [-0.15, -0.1) is 0 Å². The molecule has 17 heavy (non-hydrogen) atoms. The highest BCUT2D eigenvalue weighted by Crippen LogP contribution is 2.27. The van der Waals surface area contributed by atoms with Crippen LogP contribution in [0.3, 0.4) is 0 Å². The van der Waals surface area contributed by atoms with Crippen molar-refractivity contribution in [3.63, 3.8) is 0 Å². The van der Waals surface area contributed by atoms with Gasteiger partial charge in [0.1, 0.15) is 0 Å². The lowest BCUT2D eigenvalue weighted by atomic mass is 9.86. The van der Waals surface area contributed by atoms with E-state index in [0.29, 0.717) is 6.61 Å². The smallest absolute Gasteiger partial charge is 0.0558 e. The Morgan fingerprint density at radius 3 is 2.47 bits per heavy atom. The normalized spacial score (nSPS) is 33.5. The monoisotopic (exact) mass is 240 g/mol. The summed E-state index contributed by atoms with van der Waals surface area (Å²) in [7, 11) is 0. The molecule has 0 atom stereocenters. The van der Waals surface area contributed by atoms with Crippen LogP contribution in [0.25, 0.3) is 0 Å². The minimum atomic E-state index is 0.306. The minimum absolute atomic E-state index is 0.306. The highest BCUT2D eigenvalue weighted by molar-refractivity contribution is 4.81. The van der Waals surface area contributed by atoms with Gasteiger partial charge in [-0.3, -0.25) is 9.80 Å². The van der Waals surface area contributed by atoms with Gasteiger partial charge >= 0.3 is 0 Å². The number of hydrogen-bond donors (Lipinski definition) is 1. The van der Waals surface area contributed by atoms with Crippen molar-refractivity contribution in [3.05, 3.63) is 0 Å². The third kappa shape index (κ3) is 3.94. The fourth-order valence-corrected chi connectivity index (χ4v) is 3.33. The maximum atomic E-state index is 9.00. The van der Waals surface area contributed by atoms with E-state index in [2.05, 4.69) is 16.7 Å². The van der Waals surface area contributed by atoms with Gasteiger partial charge in [-0.25, -0.2) is 0 Å². The topological polar surface area (TPSA) is 26.7 Å². The molecule has 0 aromatic carbocycles. The van der Waals surface area contributed by atoms with E-state index in [-0.39, 0.29) is 0 Å². The van der Waals surface area contributed by atoms with Crippen LogP contribution in [0.5, 0.6) is 0 Å². The first kappa shape index (κ1) is 13.3. The average molecular weight is 240 g/mol. The molecule has 2 rings (SSSR count). The van der Waals surface area contributed by atoms with Crippen molar-refractivity contribution in [3.8, 4) is 0 Å². The Morgan fingerprint density at radius 2 is 1.76 bits per heavy atom. The predicted molar refractivity (Wildman–Crippen MR) is 71.1 cm³/mol. The Kier molecular flexibility index (Phi) is 5.26. The van der Waals surface area contributed by atoms with Crippen molar-refractivity contribution in [2.24, 2.45) is 5.92 Å². The van der Waals surface area contributed by atoms with E-state index in [1.54, 1.807) is 0 Å². The Labute approximate surface area is 106 Å². The van der Waals surface area contributed by atoms with Crippen LogP contribution >= 0.6 is 0 Å². The highest BCUT2D eigenvalue weighted by atomic mass is 16.3. The SMILES string of the molecule is CC1CCC(N2CCCN(CCO)CC2)CC1. The third-order valence-electron chi connectivity index (χ3n) is 4.54. The molecule has 0 unspecified atom stereocenters. The Bertz CT molecular complexity index is 214. The molecule has 0 bridgehead atoms. The summed E-state index contributed by atoms with van der Waals surface area (Å²) in [6.45, 7) is 8.34. The standard InChI is InChI=1S/C14H28N2O/c1-13-3-5-14(6-4-13)16-8-2-7-15(9-10-16)11-12-17/h13-14,17H,2-12H2,1H3. The second kappa shape index (κ2) is 6.72. The molecule has 1 aliphatic carbocycles. The molecule has 1 N–H and O–H groups in total. The molecule has 100 valence electrons. The Balaban J connectivity index is 1.78. The van der Waals surface area contributed by atoms with Crippen LogP contribution in [-0.2, 0) is 0 Å². The van der Waals surface area contributed by atoms with E-state index >= 15 is 0 Å². The summed E-state index contributed by atoms with van der Waals surface area (Å²) in [4.78, 5) is 5.12. The summed E-state index contributed by atoms with van der Waals surface area (Å²) < 4.78 is 0. The molecule has 2 fully saturated rings. The van der Waals surface area contributed by atoms with Gasteiger partial charge in [0, 0.05) is 25.7 Å². The lowest BCUT2D eigenvalue weighted by Crippen LogP contribution is -2.40. The van der Waals surface area contributed by atoms with E-state index in [9.17, 15) is 0 Å². The summed E-state index contributed by atoms with van der Waals surface area (Å²) in [5.41, 5.74) is 0. The maximum absolute atomic E-state index is 9.00. The van der Waals surface area contributed by atoms with Gasteiger partial charge in [0.2, 0.25) is 0 Å². The fraction of sp³-hybridized carbons (Fsp3) is 1.00. The molecule has 1 saturated carbocycles. The zero-order chi connectivity index (χ0) is 12.1. The fourth-order valence-electron chi connectivity index (χ4n) is 3.33. The molecule has 0 aromatic heterocycles. The molecule has 1 saturated heterocycles. The van der Waals surface area contributed by atoms with E-state index in [1.807, 2.05) is 0 Å². The van der Waals surface area contributed by atoms with Crippen molar-refractivity contribution in [1.82, 2.24) is 9.80 Å². The Hall–Kier alpha value is -0.120. The third-order valence-corrected chi connectivity index (χ3v) is 4.54. The number of β-amino-alcohol motifs (C(OH)–C–C–N with tert-alkyl or cyclic N) is 1. The second-order valence-corrected chi connectivity index (χ2v) is 5.87. The molecule has 0 amide bonds. The summed E-state index contributed by atoms with van der Waals surface area (Å²) in [6, 6.07) is 0.847. The van der Waals surface area contributed by atoms with Gasteiger partial charge in [0.05, 0.1) is 6.61 Å². The second-order valence-electron chi connectivity index (χ2n) is 5.87. The van der Waals surface area contributed by atoms with Gasteiger partial charge in [0.25, 0.3) is 0 Å².